The van der Waals surface area contributed by atoms with E-state index in [1.54, 1.807) is 0 Å². The zero-order chi connectivity index (χ0) is 22.2. The molecule has 1 saturated heterocycles. The summed E-state index contributed by atoms with van der Waals surface area (Å²) in [5.74, 6) is -0.290. The fourth-order valence-corrected chi connectivity index (χ4v) is 4.73. The number of carboxylic acid groups (broad SMARTS) is 1. The topological polar surface area (TPSA) is 40.5 Å². The smallest absolute Gasteiger partial charge is 0.309 e. The van der Waals surface area contributed by atoms with Crippen molar-refractivity contribution in [1.29, 1.82) is 0 Å². The molecule has 0 bridgehead atoms. The van der Waals surface area contributed by atoms with Gasteiger partial charge in [-0.1, -0.05) is 67.6 Å². The number of carbonyl (C=O) groups is 1. The predicted octanol–water partition coefficient (Wildman–Crippen LogP) is 6.64. The molecule has 3 rings (SSSR count). The molecule has 1 heterocycles. The van der Waals surface area contributed by atoms with Gasteiger partial charge in [0.2, 0.25) is 0 Å². The van der Waals surface area contributed by atoms with Crippen molar-refractivity contribution in [3.63, 3.8) is 0 Å². The van der Waals surface area contributed by atoms with Gasteiger partial charge in [0.25, 0.3) is 0 Å². The Kier molecular flexibility index (Phi) is 8.98. The molecule has 0 radical (unpaired) electrons. The highest BCUT2D eigenvalue weighted by Crippen LogP contribution is 2.29. The lowest BCUT2D eigenvalue weighted by Crippen LogP contribution is -2.50. The predicted molar refractivity (Wildman–Crippen MR) is 129 cm³/mol. The quantitative estimate of drug-likeness (QED) is 0.375. The Bertz CT molecular complexity index is 860. The van der Waals surface area contributed by atoms with Crippen molar-refractivity contribution in [3.05, 3.63) is 69.7 Å². The van der Waals surface area contributed by atoms with E-state index in [0.29, 0.717) is 5.92 Å². The fourth-order valence-electron chi connectivity index (χ4n) is 4.53. The van der Waals surface area contributed by atoms with Gasteiger partial charge >= 0.3 is 5.97 Å². The summed E-state index contributed by atoms with van der Waals surface area (Å²) in [4.78, 5) is 13.1. The number of hydrogen-bond donors (Lipinski definition) is 1. The number of unbranched alkanes of at least 4 members (excludes halogenated alkanes) is 4. The van der Waals surface area contributed by atoms with E-state index in [9.17, 15) is 4.79 Å². The van der Waals surface area contributed by atoms with Crippen molar-refractivity contribution >= 4 is 17.6 Å². The number of aryl methyl sites for hydroxylation is 2. The first-order valence-corrected chi connectivity index (χ1v) is 12.1. The molecule has 2 aromatic rings. The Morgan fingerprint density at radius 2 is 1.77 bits per heavy atom. The number of aliphatic carboxylic acids is 1. The van der Waals surface area contributed by atoms with Gasteiger partial charge in [0.1, 0.15) is 0 Å². The van der Waals surface area contributed by atoms with Crippen molar-refractivity contribution < 1.29 is 9.90 Å². The normalized spacial score (nSPS) is 15.6. The third-order valence-corrected chi connectivity index (χ3v) is 6.94. The molecule has 3 nitrogen and oxygen atoms in total. The number of nitrogens with zero attached hydrogens (tertiary/aromatic N) is 1. The molecule has 1 atom stereocenters. The highest BCUT2D eigenvalue weighted by molar-refractivity contribution is 6.30. The van der Waals surface area contributed by atoms with Crippen LogP contribution in [0.1, 0.15) is 66.7 Å². The van der Waals surface area contributed by atoms with Crippen LogP contribution in [-0.4, -0.2) is 35.6 Å². The van der Waals surface area contributed by atoms with Gasteiger partial charge in [0, 0.05) is 18.1 Å². The van der Waals surface area contributed by atoms with E-state index < -0.39 is 5.97 Å². The second-order valence-corrected chi connectivity index (χ2v) is 9.66. The summed E-state index contributed by atoms with van der Waals surface area (Å²) in [7, 11) is 0. The minimum atomic E-state index is -0.647. The third kappa shape index (κ3) is 7.36. The molecule has 31 heavy (non-hydrogen) atoms. The lowest BCUT2D eigenvalue weighted by Gasteiger charge is -2.36. The second-order valence-electron chi connectivity index (χ2n) is 9.23. The monoisotopic (exact) mass is 441 g/mol. The molecule has 2 aromatic carbocycles. The van der Waals surface area contributed by atoms with Crippen molar-refractivity contribution in [3.8, 4) is 0 Å². The van der Waals surface area contributed by atoms with Crippen LogP contribution in [0.4, 0.5) is 0 Å². The average Bonchev–Trinajstić information content (AvgIpc) is 2.70. The van der Waals surface area contributed by atoms with Gasteiger partial charge in [-0.05, 0) is 80.0 Å². The number of halogens is 1. The van der Waals surface area contributed by atoms with Gasteiger partial charge in [0.05, 0.1) is 5.92 Å². The Morgan fingerprint density at radius 1 is 1.03 bits per heavy atom. The summed E-state index contributed by atoms with van der Waals surface area (Å²) in [5, 5.41) is 9.76. The molecular formula is C27H36ClNO2. The van der Waals surface area contributed by atoms with E-state index >= 15 is 0 Å². The first-order chi connectivity index (χ1) is 14.9. The molecule has 1 aliphatic heterocycles. The number of carboxylic acids is 1. The van der Waals surface area contributed by atoms with Gasteiger partial charge in [-0.3, -0.25) is 4.79 Å². The SMILES string of the molecule is Cc1ccc(CC(CCCCCCCN2CC(C(=O)O)C2)c2cccc(Cl)c2)cc1C. The maximum Gasteiger partial charge on any atom is 0.309 e. The van der Waals surface area contributed by atoms with Gasteiger partial charge < -0.3 is 10.0 Å². The fraction of sp³-hybridized carbons (Fsp3) is 0.519. The molecular weight excluding hydrogens is 406 g/mol. The highest BCUT2D eigenvalue weighted by atomic mass is 35.5. The number of benzene rings is 2. The Labute approximate surface area is 192 Å². The minimum Gasteiger partial charge on any atom is -0.481 e. The lowest BCUT2D eigenvalue weighted by atomic mass is 9.86. The Hall–Kier alpha value is -1.84. The number of rotatable bonds is 12. The second kappa shape index (κ2) is 11.7. The van der Waals surface area contributed by atoms with Gasteiger partial charge in [-0.15, -0.1) is 0 Å². The summed E-state index contributed by atoms with van der Waals surface area (Å²) in [6, 6.07) is 15.2. The van der Waals surface area contributed by atoms with Crippen LogP contribution in [0.3, 0.4) is 0 Å². The lowest BCUT2D eigenvalue weighted by molar-refractivity contribution is -0.147. The van der Waals surface area contributed by atoms with E-state index in [1.165, 1.54) is 60.8 Å². The van der Waals surface area contributed by atoms with Crippen LogP contribution >= 0.6 is 11.6 Å². The minimum absolute atomic E-state index is 0.138. The molecule has 1 aliphatic rings. The standard InChI is InChI=1S/C27H36ClNO2/c1-20-12-13-22(15-21(20)2)16-23(24-10-8-11-26(28)17-24)9-6-4-3-5-7-14-29-18-25(19-29)27(30)31/h8,10-13,15,17,23,25H,3-7,9,14,16,18-19H2,1-2H3,(H,30,31). The molecule has 0 saturated carbocycles. The molecule has 0 aromatic heterocycles. The Balaban J connectivity index is 1.42. The van der Waals surface area contributed by atoms with Crippen molar-refractivity contribution in [2.45, 2.75) is 64.7 Å². The van der Waals surface area contributed by atoms with Gasteiger partial charge in [-0.2, -0.15) is 0 Å². The molecule has 0 amide bonds. The molecule has 1 N–H and O–H groups in total. The summed E-state index contributed by atoms with van der Waals surface area (Å²) in [5.41, 5.74) is 5.46. The van der Waals surface area contributed by atoms with Crippen LogP contribution in [0, 0.1) is 19.8 Å². The molecule has 1 unspecified atom stereocenters. The van der Waals surface area contributed by atoms with E-state index in [4.69, 9.17) is 16.7 Å². The van der Waals surface area contributed by atoms with E-state index in [1.807, 2.05) is 6.07 Å². The van der Waals surface area contributed by atoms with Crippen LogP contribution in [0.5, 0.6) is 0 Å². The molecule has 0 aliphatic carbocycles. The molecule has 0 spiro atoms. The molecule has 1 fully saturated rings. The molecule has 4 heteroatoms. The first-order valence-electron chi connectivity index (χ1n) is 11.7. The van der Waals surface area contributed by atoms with Crippen molar-refractivity contribution in [2.75, 3.05) is 19.6 Å². The summed E-state index contributed by atoms with van der Waals surface area (Å²) in [6.45, 7) is 6.86. The van der Waals surface area contributed by atoms with Gasteiger partial charge in [0.15, 0.2) is 0 Å². The van der Waals surface area contributed by atoms with Crippen LogP contribution in [0.25, 0.3) is 0 Å². The zero-order valence-corrected chi connectivity index (χ0v) is 19.7. The highest BCUT2D eigenvalue weighted by Gasteiger charge is 2.31. The van der Waals surface area contributed by atoms with Crippen LogP contribution in [0.2, 0.25) is 5.02 Å². The van der Waals surface area contributed by atoms with E-state index in [2.05, 4.69) is 55.1 Å². The van der Waals surface area contributed by atoms with Crippen molar-refractivity contribution in [1.82, 2.24) is 4.90 Å². The number of likely N-dealkylation sites (tertiary alicyclic amines) is 1. The number of hydrogen-bond acceptors (Lipinski definition) is 2. The van der Waals surface area contributed by atoms with Gasteiger partial charge in [-0.25, -0.2) is 0 Å². The Morgan fingerprint density at radius 3 is 2.48 bits per heavy atom. The third-order valence-electron chi connectivity index (χ3n) is 6.71. The summed E-state index contributed by atoms with van der Waals surface area (Å²) in [6.07, 6.45) is 8.37. The van der Waals surface area contributed by atoms with E-state index in [-0.39, 0.29) is 5.92 Å². The largest absolute Gasteiger partial charge is 0.481 e. The van der Waals surface area contributed by atoms with Crippen LogP contribution in [0.15, 0.2) is 42.5 Å². The van der Waals surface area contributed by atoms with E-state index in [0.717, 1.165) is 31.1 Å². The average molecular weight is 442 g/mol. The maximum atomic E-state index is 10.9. The summed E-state index contributed by atoms with van der Waals surface area (Å²) >= 11 is 6.29. The van der Waals surface area contributed by atoms with Crippen LogP contribution in [-0.2, 0) is 11.2 Å². The maximum absolute atomic E-state index is 10.9. The first kappa shape index (κ1) is 23.8. The molecule has 168 valence electrons. The van der Waals surface area contributed by atoms with Crippen LogP contribution < -0.4 is 0 Å². The summed E-state index contributed by atoms with van der Waals surface area (Å²) < 4.78 is 0. The zero-order valence-electron chi connectivity index (χ0n) is 18.9. The van der Waals surface area contributed by atoms with Crippen molar-refractivity contribution in [2.24, 2.45) is 5.92 Å².